The maximum atomic E-state index is 12.7. The van der Waals surface area contributed by atoms with E-state index in [1.54, 1.807) is 34.9 Å². The van der Waals surface area contributed by atoms with Crippen molar-refractivity contribution in [2.75, 3.05) is 17.4 Å². The van der Waals surface area contributed by atoms with Gasteiger partial charge in [-0.3, -0.25) is 9.69 Å². The molecule has 0 unspecified atom stereocenters. The van der Waals surface area contributed by atoms with Crippen molar-refractivity contribution in [3.8, 4) is 17.1 Å². The minimum Gasteiger partial charge on any atom is -0.447 e. The van der Waals surface area contributed by atoms with Crippen LogP contribution < -0.4 is 9.64 Å². The molecule has 0 saturated carbocycles. The fraction of sp³-hybridized carbons (Fsp3) is 0.200. The summed E-state index contributed by atoms with van der Waals surface area (Å²) in [4.78, 5) is 20.0. The van der Waals surface area contributed by atoms with Crippen LogP contribution in [-0.2, 0) is 4.79 Å². The predicted molar refractivity (Wildman–Crippen MR) is 117 cm³/mol. The first-order chi connectivity index (χ1) is 14.0. The molecule has 1 amide bonds. The first kappa shape index (κ1) is 20.0. The first-order valence-corrected chi connectivity index (χ1v) is 11.5. The number of hydrogen-bond donors (Lipinski definition) is 0. The number of hydrogen-bond acceptors (Lipinski definition) is 7. The van der Waals surface area contributed by atoms with Crippen LogP contribution in [0.5, 0.6) is 5.88 Å². The number of thioether (sulfide) groups is 2. The summed E-state index contributed by atoms with van der Waals surface area (Å²) in [5.74, 6) is 0.147. The number of fused-ring (bicyclic) bond motifs is 3. The van der Waals surface area contributed by atoms with E-state index in [2.05, 4.69) is 15.2 Å². The van der Waals surface area contributed by atoms with Gasteiger partial charge in [0.05, 0.1) is 5.69 Å². The van der Waals surface area contributed by atoms with E-state index in [9.17, 15) is 4.79 Å². The fourth-order valence-corrected chi connectivity index (χ4v) is 4.03. The van der Waals surface area contributed by atoms with Gasteiger partial charge in [0.15, 0.2) is 5.69 Å². The Hall–Kier alpha value is -2.29. The lowest BCUT2D eigenvalue weighted by Gasteiger charge is -2.30. The first-order valence-electron chi connectivity index (χ1n) is 8.71. The van der Waals surface area contributed by atoms with Gasteiger partial charge in [0, 0.05) is 28.0 Å². The van der Waals surface area contributed by atoms with Crippen LogP contribution in [0, 0.1) is 0 Å². The molecule has 0 aliphatic carbocycles. The van der Waals surface area contributed by atoms with E-state index in [1.807, 2.05) is 36.8 Å². The molecule has 9 heteroatoms. The number of ether oxygens (including phenoxy) is 1. The zero-order valence-corrected chi connectivity index (χ0v) is 18.3. The Bertz CT molecular complexity index is 1080. The average Bonchev–Trinajstić information content (AvgIpc) is 2.87. The average molecular weight is 445 g/mol. The normalized spacial score (nSPS) is 15.2. The number of carbonyl (C=O) groups excluding carboxylic acids is 1. The molecule has 0 fully saturated rings. The van der Waals surface area contributed by atoms with Gasteiger partial charge in [0.25, 0.3) is 0 Å². The van der Waals surface area contributed by atoms with E-state index in [-0.39, 0.29) is 5.91 Å². The highest BCUT2D eigenvalue weighted by atomic mass is 35.5. The minimum atomic E-state index is -0.698. The monoisotopic (exact) mass is 444 g/mol. The summed E-state index contributed by atoms with van der Waals surface area (Å²) in [6.45, 7) is 1.51. The topological polar surface area (TPSA) is 68.2 Å². The highest BCUT2D eigenvalue weighted by molar-refractivity contribution is 7.98. The van der Waals surface area contributed by atoms with Crippen LogP contribution in [0.15, 0.2) is 52.5 Å². The number of carbonyl (C=O) groups is 1. The molecule has 1 aromatic heterocycles. The molecule has 148 valence electrons. The number of benzene rings is 2. The second-order valence-corrected chi connectivity index (χ2v) is 8.34. The molecule has 0 saturated heterocycles. The van der Waals surface area contributed by atoms with Crippen molar-refractivity contribution in [2.45, 2.75) is 23.2 Å². The largest absolute Gasteiger partial charge is 0.447 e. The van der Waals surface area contributed by atoms with Gasteiger partial charge in [-0.2, -0.15) is 4.98 Å². The molecule has 3 aromatic rings. The van der Waals surface area contributed by atoms with E-state index in [0.717, 1.165) is 10.5 Å². The number of aromatic nitrogens is 3. The van der Waals surface area contributed by atoms with Gasteiger partial charge < -0.3 is 4.74 Å². The number of rotatable bonds is 3. The fourth-order valence-electron chi connectivity index (χ4n) is 3.15. The molecule has 0 N–H and O–H groups in total. The van der Waals surface area contributed by atoms with Crippen LogP contribution in [0.25, 0.3) is 11.3 Å². The zero-order chi connectivity index (χ0) is 20.5. The molecule has 29 heavy (non-hydrogen) atoms. The molecule has 1 atom stereocenters. The van der Waals surface area contributed by atoms with Gasteiger partial charge in [-0.05, 0) is 42.8 Å². The van der Waals surface area contributed by atoms with E-state index in [4.69, 9.17) is 16.3 Å². The van der Waals surface area contributed by atoms with E-state index >= 15 is 0 Å². The Balaban J connectivity index is 1.95. The van der Waals surface area contributed by atoms with E-state index in [1.165, 1.54) is 18.7 Å². The Morgan fingerprint density at radius 2 is 1.86 bits per heavy atom. The van der Waals surface area contributed by atoms with Crippen molar-refractivity contribution in [1.29, 1.82) is 0 Å². The van der Waals surface area contributed by atoms with Crippen molar-refractivity contribution in [3.05, 3.63) is 53.1 Å². The molecular formula is C20H17ClN4O2S2. The van der Waals surface area contributed by atoms with Crippen molar-refractivity contribution in [1.82, 2.24) is 15.2 Å². The standard InChI is InChI=1S/C20H17ClN4O2S2/c1-11(26)25-16-9-6-13(21)10-15(16)17-18(22-20(29-3)24-23-17)27-19(25)12-4-7-14(28-2)8-5-12/h4-10,19H,1-3H3/t19-/m1/s1. The maximum absolute atomic E-state index is 12.7. The number of anilines is 1. The Labute approximate surface area is 182 Å². The van der Waals surface area contributed by atoms with Crippen molar-refractivity contribution < 1.29 is 9.53 Å². The number of nitrogens with zero attached hydrogens (tertiary/aromatic N) is 4. The molecular weight excluding hydrogens is 428 g/mol. The highest BCUT2D eigenvalue weighted by Crippen LogP contribution is 2.44. The predicted octanol–water partition coefficient (Wildman–Crippen LogP) is 5.08. The van der Waals surface area contributed by atoms with Gasteiger partial charge in [0.1, 0.15) is 0 Å². The smallest absolute Gasteiger partial charge is 0.247 e. The molecule has 0 radical (unpaired) electrons. The molecule has 0 spiro atoms. The third-order valence-electron chi connectivity index (χ3n) is 4.49. The number of halogens is 1. The van der Waals surface area contributed by atoms with Crippen molar-refractivity contribution in [3.63, 3.8) is 0 Å². The second kappa shape index (κ2) is 8.22. The summed E-state index contributed by atoms with van der Waals surface area (Å²) in [6.07, 6.45) is 3.18. The van der Waals surface area contributed by atoms with Gasteiger partial charge in [-0.1, -0.05) is 35.5 Å². The van der Waals surface area contributed by atoms with Gasteiger partial charge >= 0.3 is 0 Å². The summed E-state index contributed by atoms with van der Waals surface area (Å²) in [6, 6.07) is 13.2. The van der Waals surface area contributed by atoms with Crippen LogP contribution in [0.1, 0.15) is 18.7 Å². The summed E-state index contributed by atoms with van der Waals surface area (Å²) in [7, 11) is 0. The highest BCUT2D eigenvalue weighted by Gasteiger charge is 2.34. The SMILES string of the molecule is CSc1ccc([C@H]2Oc3nc(SC)nnc3-c3cc(Cl)ccc3N2C(C)=O)cc1. The minimum absolute atomic E-state index is 0.168. The van der Waals surface area contributed by atoms with Gasteiger partial charge in [-0.15, -0.1) is 22.0 Å². The third kappa shape index (κ3) is 3.80. The Morgan fingerprint density at radius 3 is 2.52 bits per heavy atom. The van der Waals surface area contributed by atoms with Gasteiger partial charge in [0.2, 0.25) is 23.2 Å². The molecule has 4 rings (SSSR count). The second-order valence-electron chi connectivity index (χ2n) is 6.25. The molecule has 2 heterocycles. The quantitative estimate of drug-likeness (QED) is 0.521. The van der Waals surface area contributed by atoms with Crippen LogP contribution in [0.4, 0.5) is 5.69 Å². The third-order valence-corrected chi connectivity index (χ3v) is 6.01. The van der Waals surface area contributed by atoms with Crippen LogP contribution >= 0.6 is 35.1 Å². The lowest BCUT2D eigenvalue weighted by atomic mass is 10.1. The summed E-state index contributed by atoms with van der Waals surface area (Å²) in [5.41, 5.74) is 2.58. The maximum Gasteiger partial charge on any atom is 0.247 e. The van der Waals surface area contributed by atoms with Crippen LogP contribution in [0.3, 0.4) is 0 Å². The number of amides is 1. The Kier molecular flexibility index (Phi) is 5.67. The lowest BCUT2D eigenvalue weighted by molar-refractivity contribution is -0.118. The zero-order valence-electron chi connectivity index (χ0n) is 15.9. The van der Waals surface area contributed by atoms with Crippen LogP contribution in [0.2, 0.25) is 5.02 Å². The molecule has 6 nitrogen and oxygen atoms in total. The summed E-state index contributed by atoms with van der Waals surface area (Å²) in [5, 5.41) is 9.48. The molecule has 1 aliphatic rings. The summed E-state index contributed by atoms with van der Waals surface area (Å²) < 4.78 is 6.28. The molecule has 0 bridgehead atoms. The lowest BCUT2D eigenvalue weighted by Crippen LogP contribution is -2.36. The Morgan fingerprint density at radius 1 is 1.10 bits per heavy atom. The summed E-state index contributed by atoms with van der Waals surface area (Å²) >= 11 is 9.27. The van der Waals surface area contributed by atoms with Crippen molar-refractivity contribution >= 4 is 46.7 Å². The van der Waals surface area contributed by atoms with Crippen LogP contribution in [-0.4, -0.2) is 33.6 Å². The van der Waals surface area contributed by atoms with Gasteiger partial charge in [-0.25, -0.2) is 0 Å². The van der Waals surface area contributed by atoms with E-state index < -0.39 is 6.23 Å². The van der Waals surface area contributed by atoms with E-state index in [0.29, 0.717) is 33.0 Å². The molecule has 2 aromatic carbocycles. The molecule has 1 aliphatic heterocycles. The van der Waals surface area contributed by atoms with Crippen molar-refractivity contribution in [2.24, 2.45) is 0 Å².